The molecule has 0 rings (SSSR count). The minimum absolute atomic E-state index is 0.246. The van der Waals surface area contributed by atoms with Gasteiger partial charge in [-0.1, -0.05) is 0 Å². The van der Waals surface area contributed by atoms with E-state index in [1.807, 2.05) is 0 Å². The van der Waals surface area contributed by atoms with Crippen molar-refractivity contribution in [2.45, 2.75) is 32.8 Å². The lowest BCUT2D eigenvalue weighted by Crippen LogP contribution is -2.19. The molecular weight excluding hydrogens is 176 g/mol. The average Bonchev–Trinajstić information content (AvgIpc) is 1.80. The van der Waals surface area contributed by atoms with Crippen molar-refractivity contribution >= 4 is 17.7 Å². The van der Waals surface area contributed by atoms with Gasteiger partial charge in [-0.05, 0) is 13.8 Å². The van der Waals surface area contributed by atoms with Gasteiger partial charge in [-0.3, -0.25) is 14.4 Å². The monoisotopic (exact) mass is 188 g/mol. The number of carboxylic acid groups (broad SMARTS) is 1. The Morgan fingerprint density at radius 2 is 1.92 bits per heavy atom. The second-order valence-corrected chi connectivity index (χ2v) is 2.78. The van der Waals surface area contributed by atoms with Gasteiger partial charge < -0.3 is 9.84 Å². The zero-order chi connectivity index (χ0) is 10.4. The summed E-state index contributed by atoms with van der Waals surface area (Å²) in [5.74, 6) is -2.02. The first kappa shape index (κ1) is 11.6. The Balaban J connectivity index is 3.78. The van der Waals surface area contributed by atoms with Crippen molar-refractivity contribution in [2.24, 2.45) is 0 Å². The molecule has 1 N–H and O–H groups in total. The van der Waals surface area contributed by atoms with E-state index >= 15 is 0 Å². The maximum atomic E-state index is 10.8. The van der Waals surface area contributed by atoms with Gasteiger partial charge in [0.2, 0.25) is 0 Å². The van der Waals surface area contributed by atoms with Crippen molar-refractivity contribution in [3.05, 3.63) is 0 Å². The fourth-order valence-corrected chi connectivity index (χ4v) is 0.757. The van der Waals surface area contributed by atoms with Crippen molar-refractivity contribution in [1.29, 1.82) is 0 Å². The first-order valence-electron chi connectivity index (χ1n) is 3.82. The molecule has 0 aromatic heterocycles. The van der Waals surface area contributed by atoms with E-state index in [4.69, 9.17) is 5.11 Å². The predicted molar refractivity (Wildman–Crippen MR) is 43.1 cm³/mol. The molecule has 0 amide bonds. The van der Waals surface area contributed by atoms with Crippen LogP contribution in [-0.4, -0.2) is 28.9 Å². The minimum Gasteiger partial charge on any atom is -0.481 e. The number of hydrogen-bond donors (Lipinski definition) is 1. The second-order valence-electron chi connectivity index (χ2n) is 2.78. The molecule has 0 aliphatic carbocycles. The number of esters is 1. The van der Waals surface area contributed by atoms with E-state index in [9.17, 15) is 14.4 Å². The van der Waals surface area contributed by atoms with Gasteiger partial charge in [0.25, 0.3) is 0 Å². The summed E-state index contributed by atoms with van der Waals surface area (Å²) in [6, 6.07) is 0. The highest BCUT2D eigenvalue weighted by Crippen LogP contribution is 1.99. The first-order valence-corrected chi connectivity index (χ1v) is 3.82. The van der Waals surface area contributed by atoms with E-state index in [0.717, 1.165) is 0 Å². The van der Waals surface area contributed by atoms with E-state index in [1.54, 1.807) is 0 Å². The van der Waals surface area contributed by atoms with Crippen LogP contribution in [0.1, 0.15) is 26.7 Å². The van der Waals surface area contributed by atoms with E-state index in [0.29, 0.717) is 0 Å². The summed E-state index contributed by atoms with van der Waals surface area (Å²) in [4.78, 5) is 31.4. The standard InChI is InChI=1S/C8H12O5/c1-5(9)3-8(12)13-6(2)4-7(10)11/h6H,3-4H2,1-2H3,(H,10,11)/t6-/m1/s1. The highest BCUT2D eigenvalue weighted by molar-refractivity contribution is 5.94. The van der Waals surface area contributed by atoms with Crippen molar-refractivity contribution in [3.63, 3.8) is 0 Å². The summed E-state index contributed by atoms with van der Waals surface area (Å²) < 4.78 is 4.63. The average molecular weight is 188 g/mol. The molecule has 0 aliphatic heterocycles. The maximum Gasteiger partial charge on any atom is 0.313 e. The van der Waals surface area contributed by atoms with Crippen LogP contribution in [0.15, 0.2) is 0 Å². The van der Waals surface area contributed by atoms with Gasteiger partial charge in [0.15, 0.2) is 0 Å². The number of hydrogen-bond acceptors (Lipinski definition) is 4. The Hall–Kier alpha value is -1.39. The van der Waals surface area contributed by atoms with Crippen LogP contribution in [0.3, 0.4) is 0 Å². The Morgan fingerprint density at radius 1 is 1.38 bits per heavy atom. The number of Topliss-reactive ketones (excluding diaryl/α,β-unsaturated/α-hetero) is 1. The molecule has 0 radical (unpaired) electrons. The summed E-state index contributed by atoms with van der Waals surface area (Å²) in [5.41, 5.74) is 0. The molecule has 0 spiro atoms. The van der Waals surface area contributed by atoms with Crippen molar-refractivity contribution < 1.29 is 24.2 Å². The van der Waals surface area contributed by atoms with Crippen LogP contribution in [-0.2, 0) is 19.1 Å². The highest BCUT2D eigenvalue weighted by Gasteiger charge is 2.13. The van der Waals surface area contributed by atoms with E-state index in [1.165, 1.54) is 13.8 Å². The molecule has 5 nitrogen and oxygen atoms in total. The normalized spacial score (nSPS) is 11.8. The van der Waals surface area contributed by atoms with Crippen LogP contribution in [0.2, 0.25) is 0 Å². The number of ether oxygens (including phenoxy) is 1. The van der Waals surface area contributed by atoms with Crippen LogP contribution < -0.4 is 0 Å². The number of carbonyl (C=O) groups excluding carboxylic acids is 2. The minimum atomic E-state index is -1.04. The summed E-state index contributed by atoms with van der Waals surface area (Å²) >= 11 is 0. The van der Waals surface area contributed by atoms with Crippen LogP contribution in [0.25, 0.3) is 0 Å². The fourth-order valence-electron chi connectivity index (χ4n) is 0.757. The van der Waals surface area contributed by atoms with Gasteiger partial charge in [-0.15, -0.1) is 0 Å². The number of aliphatic carboxylic acids is 1. The van der Waals surface area contributed by atoms with Crippen LogP contribution in [0.4, 0.5) is 0 Å². The van der Waals surface area contributed by atoms with Crippen molar-refractivity contribution in [3.8, 4) is 0 Å². The molecular formula is C8H12O5. The van der Waals surface area contributed by atoms with Gasteiger partial charge >= 0.3 is 11.9 Å². The molecule has 0 aliphatic rings. The van der Waals surface area contributed by atoms with Crippen LogP contribution in [0, 0.1) is 0 Å². The van der Waals surface area contributed by atoms with Crippen molar-refractivity contribution in [1.82, 2.24) is 0 Å². The molecule has 0 fully saturated rings. The summed E-state index contributed by atoms with van der Waals surface area (Å²) in [7, 11) is 0. The Morgan fingerprint density at radius 3 is 2.31 bits per heavy atom. The van der Waals surface area contributed by atoms with Gasteiger partial charge in [-0.2, -0.15) is 0 Å². The molecule has 0 aromatic carbocycles. The molecule has 13 heavy (non-hydrogen) atoms. The summed E-state index contributed by atoms with van der Waals surface area (Å²) in [5, 5.41) is 8.32. The molecule has 0 saturated heterocycles. The topological polar surface area (TPSA) is 80.7 Å². The highest BCUT2D eigenvalue weighted by atomic mass is 16.5. The molecule has 0 aromatic rings. The Bertz CT molecular complexity index is 221. The van der Waals surface area contributed by atoms with Crippen molar-refractivity contribution in [2.75, 3.05) is 0 Å². The zero-order valence-corrected chi connectivity index (χ0v) is 7.57. The number of ketones is 1. The lowest BCUT2D eigenvalue weighted by molar-refractivity contribution is -0.152. The van der Waals surface area contributed by atoms with Gasteiger partial charge in [0.05, 0.1) is 6.42 Å². The third kappa shape index (κ3) is 6.99. The molecule has 0 saturated carbocycles. The first-order chi connectivity index (χ1) is 5.91. The van der Waals surface area contributed by atoms with Gasteiger partial charge in [0, 0.05) is 0 Å². The number of rotatable bonds is 5. The SMILES string of the molecule is CC(=O)CC(=O)O[C@H](C)CC(=O)O. The third-order valence-corrected chi connectivity index (χ3v) is 1.19. The van der Waals surface area contributed by atoms with E-state index in [2.05, 4.69) is 4.74 Å². The lowest BCUT2D eigenvalue weighted by atomic mass is 10.3. The Kier molecular flexibility index (Phi) is 4.72. The molecule has 0 heterocycles. The molecule has 1 atom stereocenters. The number of carbonyl (C=O) groups is 3. The summed E-state index contributed by atoms with van der Waals surface area (Å²) in [6.07, 6.45) is -1.24. The fraction of sp³-hybridized carbons (Fsp3) is 0.625. The van der Waals surface area contributed by atoms with E-state index in [-0.39, 0.29) is 18.6 Å². The molecule has 0 bridgehead atoms. The predicted octanol–water partition coefficient (Wildman–Crippen LogP) is 0.372. The van der Waals surface area contributed by atoms with Crippen LogP contribution in [0.5, 0.6) is 0 Å². The summed E-state index contributed by atoms with van der Waals surface area (Å²) in [6.45, 7) is 2.73. The third-order valence-electron chi connectivity index (χ3n) is 1.19. The molecule has 0 unspecified atom stereocenters. The van der Waals surface area contributed by atoms with Crippen LogP contribution >= 0.6 is 0 Å². The zero-order valence-electron chi connectivity index (χ0n) is 7.57. The Labute approximate surface area is 75.7 Å². The smallest absolute Gasteiger partial charge is 0.313 e. The van der Waals surface area contributed by atoms with Gasteiger partial charge in [0.1, 0.15) is 18.3 Å². The van der Waals surface area contributed by atoms with Gasteiger partial charge in [-0.25, -0.2) is 0 Å². The molecule has 74 valence electrons. The quantitative estimate of drug-likeness (QED) is 0.498. The maximum absolute atomic E-state index is 10.8. The largest absolute Gasteiger partial charge is 0.481 e. The van der Waals surface area contributed by atoms with E-state index < -0.39 is 18.0 Å². The lowest BCUT2D eigenvalue weighted by Gasteiger charge is -2.09. The molecule has 5 heteroatoms. The number of carboxylic acids is 1. The second kappa shape index (κ2) is 5.29.